The van der Waals surface area contributed by atoms with Crippen LogP contribution in [0.3, 0.4) is 0 Å². The zero-order chi connectivity index (χ0) is 18.2. The molecule has 4 nitrogen and oxygen atoms in total. The molecule has 25 heavy (non-hydrogen) atoms. The first-order valence-electron chi connectivity index (χ1n) is 8.05. The van der Waals surface area contributed by atoms with Crippen molar-refractivity contribution in [2.45, 2.75) is 46.0 Å². The van der Waals surface area contributed by atoms with Crippen LogP contribution in [0.4, 0.5) is 13.2 Å². The fourth-order valence-corrected chi connectivity index (χ4v) is 1.98. The summed E-state index contributed by atoms with van der Waals surface area (Å²) in [6.07, 6.45) is -4.33. The van der Waals surface area contributed by atoms with Crippen molar-refractivity contribution in [2.75, 3.05) is 19.6 Å². The molecule has 1 aromatic rings. The van der Waals surface area contributed by atoms with Crippen molar-refractivity contribution >= 4 is 29.9 Å². The second kappa shape index (κ2) is 10.8. The third-order valence-electron chi connectivity index (χ3n) is 3.09. The van der Waals surface area contributed by atoms with E-state index in [0.717, 1.165) is 18.7 Å². The number of hydrogen-bond acceptors (Lipinski definition) is 2. The Balaban J connectivity index is 0.00000576. The number of nitrogens with zero attached hydrogens (tertiary/aromatic N) is 1. The summed E-state index contributed by atoms with van der Waals surface area (Å²) >= 11 is 0. The highest BCUT2D eigenvalue weighted by Gasteiger charge is 2.30. The van der Waals surface area contributed by atoms with Crippen LogP contribution in [0, 0.1) is 0 Å². The molecule has 0 aliphatic carbocycles. The number of aliphatic imine (C=N–C) groups is 1. The van der Waals surface area contributed by atoms with Crippen LogP contribution in [0.25, 0.3) is 0 Å². The van der Waals surface area contributed by atoms with Crippen LogP contribution in [-0.2, 0) is 12.7 Å². The highest BCUT2D eigenvalue weighted by atomic mass is 127. The molecule has 1 aromatic carbocycles. The number of rotatable bonds is 6. The van der Waals surface area contributed by atoms with Gasteiger partial charge < -0.3 is 16.0 Å². The summed E-state index contributed by atoms with van der Waals surface area (Å²) in [5.41, 5.74) is -0.0905. The summed E-state index contributed by atoms with van der Waals surface area (Å²) in [4.78, 5) is 4.34. The lowest BCUT2D eigenvalue weighted by Crippen LogP contribution is -2.44. The van der Waals surface area contributed by atoms with E-state index < -0.39 is 11.7 Å². The van der Waals surface area contributed by atoms with E-state index >= 15 is 0 Å². The Labute approximate surface area is 165 Å². The predicted octanol–water partition coefficient (Wildman–Crippen LogP) is 3.77. The van der Waals surface area contributed by atoms with Gasteiger partial charge in [0.05, 0.1) is 12.1 Å². The normalized spacial score (nSPS) is 12.5. The maximum Gasteiger partial charge on any atom is 0.416 e. The van der Waals surface area contributed by atoms with Crippen LogP contribution < -0.4 is 16.0 Å². The van der Waals surface area contributed by atoms with E-state index in [1.165, 1.54) is 6.07 Å². The Kier molecular flexibility index (Phi) is 10.4. The zero-order valence-corrected chi connectivity index (χ0v) is 17.5. The number of hydrogen-bond donors (Lipinski definition) is 3. The maximum absolute atomic E-state index is 12.7. The van der Waals surface area contributed by atoms with Crippen molar-refractivity contribution in [3.05, 3.63) is 35.4 Å². The van der Waals surface area contributed by atoms with E-state index in [4.69, 9.17) is 0 Å². The quantitative estimate of drug-likeness (QED) is 0.256. The molecule has 3 N–H and O–H groups in total. The van der Waals surface area contributed by atoms with Crippen molar-refractivity contribution in [1.29, 1.82) is 0 Å². The third-order valence-corrected chi connectivity index (χ3v) is 3.09. The summed E-state index contributed by atoms with van der Waals surface area (Å²) in [5, 5.41) is 9.59. The summed E-state index contributed by atoms with van der Waals surface area (Å²) in [7, 11) is 0. The first kappa shape index (κ1) is 24.0. The molecule has 144 valence electrons. The molecule has 0 bridgehead atoms. The Morgan fingerprint density at radius 2 is 1.76 bits per heavy atom. The molecule has 0 aromatic heterocycles. The van der Waals surface area contributed by atoms with Gasteiger partial charge in [-0.05, 0) is 45.4 Å². The van der Waals surface area contributed by atoms with Gasteiger partial charge in [0.1, 0.15) is 0 Å². The second-order valence-electron chi connectivity index (χ2n) is 6.50. The number of halogens is 4. The molecular weight excluding hydrogens is 444 g/mol. The van der Waals surface area contributed by atoms with E-state index in [-0.39, 0.29) is 36.1 Å². The van der Waals surface area contributed by atoms with Crippen molar-refractivity contribution in [3.8, 4) is 0 Å². The maximum atomic E-state index is 12.7. The van der Waals surface area contributed by atoms with Gasteiger partial charge in [0.25, 0.3) is 0 Å². The Bertz CT molecular complexity index is 539. The van der Waals surface area contributed by atoms with Gasteiger partial charge in [0, 0.05) is 25.2 Å². The van der Waals surface area contributed by atoms with E-state index in [9.17, 15) is 13.2 Å². The van der Waals surface area contributed by atoms with Gasteiger partial charge in [-0.3, -0.25) is 0 Å². The van der Waals surface area contributed by atoms with Crippen LogP contribution >= 0.6 is 24.0 Å². The first-order valence-corrected chi connectivity index (χ1v) is 8.05. The predicted molar refractivity (Wildman–Crippen MR) is 107 cm³/mol. The molecule has 0 atom stereocenters. The van der Waals surface area contributed by atoms with E-state index in [2.05, 4.69) is 41.7 Å². The summed E-state index contributed by atoms with van der Waals surface area (Å²) in [6.45, 7) is 10.5. The van der Waals surface area contributed by atoms with Crippen molar-refractivity contribution < 1.29 is 13.2 Å². The average molecular weight is 472 g/mol. The molecule has 0 aliphatic rings. The number of nitrogens with one attached hydrogen (secondary N) is 3. The van der Waals surface area contributed by atoms with Gasteiger partial charge in [-0.25, -0.2) is 4.99 Å². The van der Waals surface area contributed by atoms with Crippen LogP contribution in [0.5, 0.6) is 0 Å². The third kappa shape index (κ3) is 10.5. The molecule has 0 saturated carbocycles. The smallest absolute Gasteiger partial charge is 0.357 e. The molecule has 0 amide bonds. The number of benzene rings is 1. The van der Waals surface area contributed by atoms with Crippen molar-refractivity contribution in [3.63, 3.8) is 0 Å². The minimum absolute atomic E-state index is 0. The van der Waals surface area contributed by atoms with Gasteiger partial charge in [0.15, 0.2) is 5.96 Å². The molecule has 1 rings (SSSR count). The highest BCUT2D eigenvalue weighted by molar-refractivity contribution is 14.0. The lowest BCUT2D eigenvalue weighted by atomic mass is 10.1. The van der Waals surface area contributed by atoms with Crippen LogP contribution in [-0.4, -0.2) is 31.1 Å². The minimum Gasteiger partial charge on any atom is -0.357 e. The van der Waals surface area contributed by atoms with Gasteiger partial charge in [-0.15, -0.1) is 24.0 Å². The fourth-order valence-electron chi connectivity index (χ4n) is 1.98. The Morgan fingerprint density at radius 1 is 1.08 bits per heavy atom. The largest absolute Gasteiger partial charge is 0.416 e. The monoisotopic (exact) mass is 472 g/mol. The summed E-state index contributed by atoms with van der Waals surface area (Å²) in [5.74, 6) is 0.589. The standard InChI is InChI=1S/C17H27F3N4.HI/c1-5-21-15(22-9-10-24-16(2,3)4)23-12-13-7-6-8-14(11-13)17(18,19)20;/h6-8,11,24H,5,9-10,12H2,1-4H3,(H2,21,22,23);1H. The molecule has 0 fully saturated rings. The van der Waals surface area contributed by atoms with Gasteiger partial charge >= 0.3 is 6.18 Å². The van der Waals surface area contributed by atoms with E-state index in [1.807, 2.05) is 6.92 Å². The lowest BCUT2D eigenvalue weighted by molar-refractivity contribution is -0.137. The van der Waals surface area contributed by atoms with Gasteiger partial charge in [0.2, 0.25) is 0 Å². The highest BCUT2D eigenvalue weighted by Crippen LogP contribution is 2.29. The number of guanidine groups is 1. The second-order valence-corrected chi connectivity index (χ2v) is 6.50. The lowest BCUT2D eigenvalue weighted by Gasteiger charge is -2.21. The van der Waals surface area contributed by atoms with Crippen LogP contribution in [0.1, 0.15) is 38.8 Å². The van der Waals surface area contributed by atoms with E-state index in [1.54, 1.807) is 6.07 Å². The average Bonchev–Trinajstić information content (AvgIpc) is 2.47. The van der Waals surface area contributed by atoms with Crippen LogP contribution in [0.2, 0.25) is 0 Å². The fraction of sp³-hybridized carbons (Fsp3) is 0.588. The Morgan fingerprint density at radius 3 is 2.32 bits per heavy atom. The molecule has 0 radical (unpaired) electrons. The topological polar surface area (TPSA) is 48.5 Å². The van der Waals surface area contributed by atoms with Crippen LogP contribution in [0.15, 0.2) is 29.3 Å². The molecule has 0 aliphatic heterocycles. The van der Waals surface area contributed by atoms with Gasteiger partial charge in [-0.2, -0.15) is 13.2 Å². The van der Waals surface area contributed by atoms with Crippen molar-refractivity contribution in [2.24, 2.45) is 4.99 Å². The van der Waals surface area contributed by atoms with Gasteiger partial charge in [-0.1, -0.05) is 12.1 Å². The molecule has 0 unspecified atom stereocenters. The SMILES string of the molecule is CCNC(=NCc1cccc(C(F)(F)F)c1)NCCNC(C)(C)C.I. The van der Waals surface area contributed by atoms with Crippen molar-refractivity contribution in [1.82, 2.24) is 16.0 Å². The molecule has 0 heterocycles. The summed E-state index contributed by atoms with van der Waals surface area (Å²) in [6, 6.07) is 5.24. The minimum atomic E-state index is -4.33. The molecule has 0 saturated heterocycles. The molecule has 0 spiro atoms. The zero-order valence-electron chi connectivity index (χ0n) is 15.1. The van der Waals surface area contributed by atoms with E-state index in [0.29, 0.717) is 24.6 Å². The molecular formula is C17H28F3IN4. The summed E-state index contributed by atoms with van der Waals surface area (Å²) < 4.78 is 38.2. The molecule has 8 heteroatoms. The first-order chi connectivity index (χ1) is 11.1. The number of alkyl halides is 3. The Hall–Kier alpha value is -1.03.